The predicted octanol–water partition coefficient (Wildman–Crippen LogP) is 3.12. The lowest BCUT2D eigenvalue weighted by Gasteiger charge is -2.14. The summed E-state index contributed by atoms with van der Waals surface area (Å²) in [5.41, 5.74) is 0.0235. The van der Waals surface area contributed by atoms with E-state index in [9.17, 15) is 26.0 Å². The van der Waals surface area contributed by atoms with Gasteiger partial charge in [0.25, 0.3) is 20.0 Å². The first-order chi connectivity index (χ1) is 14.6. The number of benzene rings is 2. The maximum Gasteiger partial charge on any atom is 0.271 e. The highest BCUT2D eigenvalue weighted by molar-refractivity contribution is 7.94. The van der Waals surface area contributed by atoms with Crippen LogP contribution in [0.15, 0.2) is 69.8 Å². The zero-order valence-corrected chi connectivity index (χ0v) is 18.6. The van der Waals surface area contributed by atoms with E-state index < -0.39 is 25.9 Å². The number of carbonyl (C=O) groups excluding carboxylic acids is 1. The second kappa shape index (κ2) is 9.04. The number of para-hydroxylation sites is 2. The number of sulfonamides is 2. The van der Waals surface area contributed by atoms with E-state index in [4.69, 9.17) is 0 Å². The number of nitrogens with one attached hydrogen (secondary N) is 3. The van der Waals surface area contributed by atoms with Crippen LogP contribution in [-0.2, 0) is 31.4 Å². The number of amides is 1. The Bertz CT molecular complexity index is 1300. The van der Waals surface area contributed by atoms with E-state index in [2.05, 4.69) is 14.8 Å². The van der Waals surface area contributed by atoms with Gasteiger partial charge in [-0.2, -0.15) is 0 Å². The summed E-state index contributed by atoms with van der Waals surface area (Å²) in [4.78, 5) is 11.5. The quantitative estimate of drug-likeness (QED) is 0.455. The summed E-state index contributed by atoms with van der Waals surface area (Å²) in [7, 11) is -8.08. The predicted molar refractivity (Wildman–Crippen MR) is 116 cm³/mol. The van der Waals surface area contributed by atoms with E-state index in [0.29, 0.717) is 4.88 Å². The molecule has 3 N–H and O–H groups in total. The molecule has 0 aliphatic rings. The summed E-state index contributed by atoms with van der Waals surface area (Å²) in [6.45, 7) is 1.56. The molecule has 164 valence electrons. The molecule has 12 heteroatoms. The van der Waals surface area contributed by atoms with E-state index in [1.165, 1.54) is 31.2 Å². The van der Waals surface area contributed by atoms with Gasteiger partial charge in [0, 0.05) is 11.8 Å². The van der Waals surface area contributed by atoms with Gasteiger partial charge in [-0.1, -0.05) is 12.1 Å². The van der Waals surface area contributed by atoms with Gasteiger partial charge in [-0.15, -0.1) is 11.3 Å². The highest BCUT2D eigenvalue weighted by Gasteiger charge is 2.21. The van der Waals surface area contributed by atoms with Gasteiger partial charge in [-0.3, -0.25) is 14.2 Å². The van der Waals surface area contributed by atoms with Crippen LogP contribution in [0, 0.1) is 5.82 Å². The molecule has 0 fully saturated rings. The van der Waals surface area contributed by atoms with Crippen LogP contribution in [-0.4, -0.2) is 22.7 Å². The molecule has 0 spiro atoms. The van der Waals surface area contributed by atoms with Crippen molar-refractivity contribution in [2.45, 2.75) is 22.6 Å². The molecule has 31 heavy (non-hydrogen) atoms. The molecule has 1 heterocycles. The van der Waals surface area contributed by atoms with Gasteiger partial charge in [0.1, 0.15) is 10.0 Å². The van der Waals surface area contributed by atoms with Crippen molar-refractivity contribution in [1.82, 2.24) is 5.32 Å². The first-order valence-electron chi connectivity index (χ1n) is 8.80. The van der Waals surface area contributed by atoms with Crippen molar-refractivity contribution < 1.29 is 26.0 Å². The first kappa shape index (κ1) is 22.7. The summed E-state index contributed by atoms with van der Waals surface area (Å²) in [6.07, 6.45) is 0. The van der Waals surface area contributed by atoms with E-state index >= 15 is 0 Å². The second-order valence-electron chi connectivity index (χ2n) is 6.34. The molecule has 0 bridgehead atoms. The third kappa shape index (κ3) is 5.81. The number of hydrogen-bond acceptors (Lipinski definition) is 6. The Morgan fingerprint density at radius 1 is 0.871 bits per heavy atom. The molecular formula is C19H18FN3O5S3. The van der Waals surface area contributed by atoms with E-state index in [0.717, 1.165) is 35.6 Å². The number of anilines is 2. The Kier molecular flexibility index (Phi) is 6.62. The minimum absolute atomic E-state index is 0.00375. The number of hydrogen-bond donors (Lipinski definition) is 3. The Labute approximate surface area is 183 Å². The van der Waals surface area contributed by atoms with Crippen LogP contribution < -0.4 is 14.8 Å². The van der Waals surface area contributed by atoms with Crippen molar-refractivity contribution in [3.63, 3.8) is 0 Å². The zero-order valence-electron chi connectivity index (χ0n) is 16.1. The van der Waals surface area contributed by atoms with Crippen LogP contribution in [0.1, 0.15) is 11.8 Å². The van der Waals surface area contributed by atoms with Gasteiger partial charge in [-0.25, -0.2) is 21.2 Å². The molecule has 3 rings (SSSR count). The lowest BCUT2D eigenvalue weighted by atomic mass is 10.3. The highest BCUT2D eigenvalue weighted by Crippen LogP contribution is 2.29. The molecule has 1 aromatic heterocycles. The third-order valence-corrected chi connectivity index (χ3v) is 8.28. The molecular weight excluding hydrogens is 465 g/mol. The third-order valence-electron chi connectivity index (χ3n) is 3.95. The summed E-state index contributed by atoms with van der Waals surface area (Å²) in [6, 6.07) is 13.1. The number of thiophene rings is 1. The number of carbonyl (C=O) groups is 1. The van der Waals surface area contributed by atoms with Gasteiger partial charge < -0.3 is 5.32 Å². The average molecular weight is 484 g/mol. The smallest absolute Gasteiger partial charge is 0.271 e. The molecule has 0 saturated carbocycles. The van der Waals surface area contributed by atoms with Gasteiger partial charge in [0.2, 0.25) is 5.91 Å². The average Bonchev–Trinajstić information content (AvgIpc) is 3.18. The minimum atomic E-state index is -4.07. The molecule has 8 nitrogen and oxygen atoms in total. The fourth-order valence-corrected chi connectivity index (χ4v) is 5.94. The molecule has 0 aliphatic heterocycles. The minimum Gasteiger partial charge on any atom is -0.351 e. The van der Waals surface area contributed by atoms with Crippen LogP contribution in [0.5, 0.6) is 0 Å². The molecule has 0 unspecified atom stereocenters. The Morgan fingerprint density at radius 3 is 2.03 bits per heavy atom. The largest absolute Gasteiger partial charge is 0.351 e. The molecule has 0 saturated heterocycles. The topological polar surface area (TPSA) is 121 Å². The van der Waals surface area contributed by atoms with Gasteiger partial charge in [-0.05, 0) is 48.5 Å². The van der Waals surface area contributed by atoms with Gasteiger partial charge in [0.15, 0.2) is 0 Å². The standard InChI is InChI=1S/C19H18FN3O5S3/c1-13(24)21-12-15-8-11-19(29-15)31(27,28)23-18-5-3-2-4-17(18)22-30(25,26)16-9-6-14(20)7-10-16/h2-11,22-23H,12H2,1H3,(H,21,24). The molecule has 0 radical (unpaired) electrons. The summed E-state index contributed by atoms with van der Waals surface area (Å²) in [5, 5.41) is 2.59. The van der Waals surface area contributed by atoms with Crippen LogP contribution in [0.25, 0.3) is 0 Å². The lowest BCUT2D eigenvalue weighted by Crippen LogP contribution is -2.18. The van der Waals surface area contributed by atoms with Crippen LogP contribution in [0.4, 0.5) is 15.8 Å². The van der Waals surface area contributed by atoms with E-state index in [1.54, 1.807) is 12.1 Å². The van der Waals surface area contributed by atoms with Crippen molar-refractivity contribution in [2.24, 2.45) is 0 Å². The number of rotatable bonds is 8. The van der Waals surface area contributed by atoms with E-state index in [-0.39, 0.29) is 32.9 Å². The van der Waals surface area contributed by atoms with Crippen molar-refractivity contribution in [2.75, 3.05) is 9.44 Å². The fourth-order valence-electron chi connectivity index (χ4n) is 2.48. The zero-order chi connectivity index (χ0) is 22.6. The Balaban J connectivity index is 1.83. The molecule has 2 aromatic carbocycles. The van der Waals surface area contributed by atoms with E-state index in [1.807, 2.05) is 0 Å². The molecule has 3 aromatic rings. The van der Waals surface area contributed by atoms with Crippen LogP contribution in [0.3, 0.4) is 0 Å². The van der Waals surface area contributed by atoms with Crippen molar-refractivity contribution in [3.05, 3.63) is 71.4 Å². The van der Waals surface area contributed by atoms with Crippen molar-refractivity contribution in [1.29, 1.82) is 0 Å². The van der Waals surface area contributed by atoms with Gasteiger partial charge in [0.05, 0.1) is 22.8 Å². The summed E-state index contributed by atoms with van der Waals surface area (Å²) >= 11 is 0.979. The van der Waals surface area contributed by atoms with Gasteiger partial charge >= 0.3 is 0 Å². The number of halogens is 1. The van der Waals surface area contributed by atoms with Crippen molar-refractivity contribution in [3.8, 4) is 0 Å². The second-order valence-corrected chi connectivity index (χ2v) is 11.1. The first-order valence-corrected chi connectivity index (χ1v) is 12.6. The monoisotopic (exact) mass is 483 g/mol. The van der Waals surface area contributed by atoms with Crippen LogP contribution in [0.2, 0.25) is 0 Å². The Morgan fingerprint density at radius 2 is 1.45 bits per heavy atom. The summed E-state index contributed by atoms with van der Waals surface area (Å²) < 4.78 is 68.5. The lowest BCUT2D eigenvalue weighted by molar-refractivity contribution is -0.119. The maximum absolute atomic E-state index is 13.1. The van der Waals surface area contributed by atoms with Crippen LogP contribution >= 0.6 is 11.3 Å². The molecule has 0 aliphatic carbocycles. The summed E-state index contributed by atoms with van der Waals surface area (Å²) in [5.74, 6) is -0.820. The normalized spacial score (nSPS) is 11.7. The SMILES string of the molecule is CC(=O)NCc1ccc(S(=O)(=O)Nc2ccccc2NS(=O)(=O)c2ccc(F)cc2)s1. The fraction of sp³-hybridized carbons (Fsp3) is 0.105. The molecule has 1 amide bonds. The highest BCUT2D eigenvalue weighted by atomic mass is 32.2. The molecule has 0 atom stereocenters. The maximum atomic E-state index is 13.1. The van der Waals surface area contributed by atoms with Crippen molar-refractivity contribution >= 4 is 48.7 Å². The Hall–Kier alpha value is -2.96.